The van der Waals surface area contributed by atoms with Crippen LogP contribution in [0.4, 0.5) is 5.69 Å². The summed E-state index contributed by atoms with van der Waals surface area (Å²) in [5.41, 5.74) is 1.10. The van der Waals surface area contributed by atoms with Crippen LogP contribution in [0.2, 0.25) is 5.02 Å². The summed E-state index contributed by atoms with van der Waals surface area (Å²) < 4.78 is 5.52. The van der Waals surface area contributed by atoms with Gasteiger partial charge < -0.3 is 25.5 Å². The monoisotopic (exact) mass is 434 g/mol. The lowest BCUT2D eigenvalue weighted by molar-refractivity contribution is -0.116. The fourth-order valence-corrected chi connectivity index (χ4v) is 3.25. The molecule has 1 aromatic carbocycles. The van der Waals surface area contributed by atoms with Crippen molar-refractivity contribution in [3.8, 4) is 0 Å². The van der Waals surface area contributed by atoms with Crippen molar-refractivity contribution >= 4 is 29.2 Å². The molecule has 0 saturated heterocycles. The largest absolute Gasteiger partial charge is 0.466 e. The summed E-state index contributed by atoms with van der Waals surface area (Å²) in [4.78, 5) is 16.7. The van der Waals surface area contributed by atoms with Crippen molar-refractivity contribution in [2.75, 3.05) is 25.0 Å². The molecule has 2 aromatic rings. The van der Waals surface area contributed by atoms with Crippen LogP contribution in [0, 0.1) is 20.8 Å². The highest BCUT2D eigenvalue weighted by Gasteiger charge is 2.27. The SMILES string of the molecule is CCNC(=NCC(C)(O)c1cc(C)oc1C)NCCC(=O)Nc1cccc(Cl)c1C. The van der Waals surface area contributed by atoms with Crippen LogP contribution in [0.25, 0.3) is 0 Å². The third kappa shape index (κ3) is 6.50. The number of aliphatic imine (C=N–C) groups is 1. The third-order valence-electron chi connectivity index (χ3n) is 4.70. The second-order valence-corrected chi connectivity index (χ2v) is 7.84. The molecular weight excluding hydrogens is 404 g/mol. The van der Waals surface area contributed by atoms with Gasteiger partial charge in [0.25, 0.3) is 0 Å². The van der Waals surface area contributed by atoms with Crippen molar-refractivity contribution in [3.05, 3.63) is 51.9 Å². The predicted molar refractivity (Wildman–Crippen MR) is 121 cm³/mol. The second kappa shape index (κ2) is 10.5. The summed E-state index contributed by atoms with van der Waals surface area (Å²) in [7, 11) is 0. The van der Waals surface area contributed by atoms with Gasteiger partial charge in [0.2, 0.25) is 5.91 Å². The van der Waals surface area contributed by atoms with E-state index in [9.17, 15) is 9.90 Å². The van der Waals surface area contributed by atoms with Crippen molar-refractivity contribution in [3.63, 3.8) is 0 Å². The molecule has 7 nitrogen and oxygen atoms in total. The van der Waals surface area contributed by atoms with E-state index in [0.717, 1.165) is 16.9 Å². The van der Waals surface area contributed by atoms with E-state index in [1.54, 1.807) is 19.1 Å². The minimum absolute atomic E-state index is 0.125. The highest BCUT2D eigenvalue weighted by Crippen LogP contribution is 2.27. The number of aliphatic hydroxyl groups is 1. The molecule has 4 N–H and O–H groups in total. The van der Waals surface area contributed by atoms with E-state index in [1.165, 1.54) is 0 Å². The molecule has 0 radical (unpaired) electrons. The summed E-state index contributed by atoms with van der Waals surface area (Å²) in [5.74, 6) is 1.83. The Hall–Kier alpha value is -2.51. The average Bonchev–Trinajstić information content (AvgIpc) is 3.02. The van der Waals surface area contributed by atoms with E-state index in [-0.39, 0.29) is 18.9 Å². The summed E-state index contributed by atoms with van der Waals surface area (Å²) in [5, 5.41) is 20.6. The number of furan rings is 1. The third-order valence-corrected chi connectivity index (χ3v) is 5.11. The number of nitrogens with one attached hydrogen (secondary N) is 3. The van der Waals surface area contributed by atoms with Crippen molar-refractivity contribution in [1.29, 1.82) is 0 Å². The Balaban J connectivity index is 1.92. The number of anilines is 1. The molecular formula is C22H31ClN4O3. The van der Waals surface area contributed by atoms with Gasteiger partial charge in [-0.05, 0) is 58.4 Å². The molecule has 1 unspecified atom stereocenters. The van der Waals surface area contributed by atoms with E-state index >= 15 is 0 Å². The van der Waals surface area contributed by atoms with E-state index in [1.807, 2.05) is 39.8 Å². The zero-order chi connectivity index (χ0) is 22.3. The molecule has 0 bridgehead atoms. The zero-order valence-electron chi connectivity index (χ0n) is 18.2. The van der Waals surface area contributed by atoms with Crippen LogP contribution in [0.15, 0.2) is 33.7 Å². The van der Waals surface area contributed by atoms with E-state index in [2.05, 4.69) is 20.9 Å². The van der Waals surface area contributed by atoms with Crippen molar-refractivity contribution in [2.24, 2.45) is 4.99 Å². The van der Waals surface area contributed by atoms with Crippen LogP contribution in [-0.2, 0) is 10.4 Å². The van der Waals surface area contributed by atoms with Crippen LogP contribution in [0.3, 0.4) is 0 Å². The lowest BCUT2D eigenvalue weighted by Gasteiger charge is -2.21. The number of benzene rings is 1. The first kappa shape index (κ1) is 23.8. The van der Waals surface area contributed by atoms with Crippen molar-refractivity contribution < 1.29 is 14.3 Å². The Morgan fingerprint density at radius 3 is 2.63 bits per heavy atom. The Labute approximate surface area is 182 Å². The highest BCUT2D eigenvalue weighted by atomic mass is 35.5. The lowest BCUT2D eigenvalue weighted by atomic mass is 9.96. The van der Waals surface area contributed by atoms with Crippen LogP contribution in [-0.4, -0.2) is 36.6 Å². The molecule has 1 aromatic heterocycles. The number of carbonyl (C=O) groups is 1. The first-order valence-electron chi connectivity index (χ1n) is 10.0. The van der Waals surface area contributed by atoms with Gasteiger partial charge in [-0.1, -0.05) is 17.7 Å². The summed E-state index contributed by atoms with van der Waals surface area (Å²) >= 11 is 6.09. The van der Waals surface area contributed by atoms with Crippen LogP contribution in [0.1, 0.15) is 42.9 Å². The number of hydrogen-bond donors (Lipinski definition) is 4. The van der Waals surface area contributed by atoms with E-state index < -0.39 is 5.60 Å². The van der Waals surface area contributed by atoms with Crippen LogP contribution < -0.4 is 16.0 Å². The Bertz CT molecular complexity index is 906. The van der Waals surface area contributed by atoms with Gasteiger partial charge in [0.15, 0.2) is 5.96 Å². The molecule has 30 heavy (non-hydrogen) atoms. The standard InChI is InChI=1S/C22H31ClN4O3/c1-6-24-21(26-13-22(5,29)17-12-14(2)30-16(17)4)25-11-10-20(28)27-19-9-7-8-18(23)15(19)3/h7-9,12,29H,6,10-11,13H2,1-5H3,(H,27,28)(H2,24,25,26). The number of hydrogen-bond acceptors (Lipinski definition) is 4. The maximum absolute atomic E-state index is 12.3. The fraction of sp³-hybridized carbons (Fsp3) is 0.455. The molecule has 0 spiro atoms. The first-order chi connectivity index (χ1) is 14.1. The Morgan fingerprint density at radius 2 is 2.00 bits per heavy atom. The molecule has 1 heterocycles. The van der Waals surface area contributed by atoms with Crippen LogP contribution >= 0.6 is 11.6 Å². The molecule has 0 aliphatic rings. The second-order valence-electron chi connectivity index (χ2n) is 7.43. The topological polar surface area (TPSA) is 98.9 Å². The number of rotatable bonds is 8. The number of carbonyl (C=O) groups excluding carboxylic acids is 1. The van der Waals surface area contributed by atoms with Gasteiger partial charge in [0, 0.05) is 35.8 Å². The number of amides is 1. The van der Waals surface area contributed by atoms with Gasteiger partial charge >= 0.3 is 0 Å². The van der Waals surface area contributed by atoms with Gasteiger partial charge in [-0.25, -0.2) is 4.99 Å². The molecule has 0 fully saturated rings. The van der Waals surface area contributed by atoms with Gasteiger partial charge in [-0.2, -0.15) is 0 Å². The molecule has 2 rings (SSSR count). The van der Waals surface area contributed by atoms with E-state index in [4.69, 9.17) is 16.0 Å². The Kier molecular flexibility index (Phi) is 8.32. The summed E-state index contributed by atoms with van der Waals surface area (Å²) in [6.07, 6.45) is 0.257. The Morgan fingerprint density at radius 1 is 1.27 bits per heavy atom. The van der Waals surface area contributed by atoms with Gasteiger partial charge in [-0.3, -0.25) is 4.79 Å². The predicted octanol–water partition coefficient (Wildman–Crippen LogP) is 3.65. The summed E-state index contributed by atoms with van der Waals surface area (Å²) in [6, 6.07) is 7.23. The summed E-state index contributed by atoms with van der Waals surface area (Å²) in [6.45, 7) is 10.4. The highest BCUT2D eigenvalue weighted by molar-refractivity contribution is 6.31. The fourth-order valence-electron chi connectivity index (χ4n) is 3.08. The molecule has 0 aliphatic carbocycles. The van der Waals surface area contributed by atoms with Crippen molar-refractivity contribution in [1.82, 2.24) is 10.6 Å². The molecule has 0 saturated carbocycles. The number of aryl methyl sites for hydroxylation is 2. The smallest absolute Gasteiger partial charge is 0.226 e. The molecule has 1 amide bonds. The van der Waals surface area contributed by atoms with Gasteiger partial charge in [0.1, 0.15) is 17.1 Å². The van der Waals surface area contributed by atoms with Gasteiger partial charge in [0.05, 0.1) is 6.54 Å². The zero-order valence-corrected chi connectivity index (χ0v) is 19.0. The maximum Gasteiger partial charge on any atom is 0.226 e. The molecule has 164 valence electrons. The minimum atomic E-state index is -1.16. The molecule has 0 aliphatic heterocycles. The van der Waals surface area contributed by atoms with Crippen molar-refractivity contribution in [2.45, 2.75) is 46.6 Å². The lowest BCUT2D eigenvalue weighted by Crippen LogP contribution is -2.40. The minimum Gasteiger partial charge on any atom is -0.466 e. The first-order valence-corrected chi connectivity index (χ1v) is 10.4. The molecule has 8 heteroatoms. The normalized spacial score (nSPS) is 13.6. The van der Waals surface area contributed by atoms with Crippen LogP contribution in [0.5, 0.6) is 0 Å². The maximum atomic E-state index is 12.3. The van der Waals surface area contributed by atoms with E-state index in [0.29, 0.717) is 35.5 Å². The quantitative estimate of drug-likeness (QED) is 0.375. The average molecular weight is 435 g/mol. The number of guanidine groups is 1. The molecule has 1 atom stereocenters. The number of nitrogens with zero attached hydrogens (tertiary/aromatic N) is 1. The number of halogens is 1. The van der Waals surface area contributed by atoms with Gasteiger partial charge in [-0.15, -0.1) is 0 Å².